The Hall–Kier alpha value is -2.94. The highest BCUT2D eigenvalue weighted by Crippen LogP contribution is 2.21. The molecule has 1 atom stereocenters. The number of methoxy groups -OCH3 is 1. The van der Waals surface area contributed by atoms with Crippen LogP contribution in [-0.2, 0) is 0 Å². The molecule has 1 aliphatic rings. The SMILES string of the molecule is COc1ccc(C(=O)N2CCN([C@@H](C)c3nc(N)nc(N(C)C)n3)CC2)cc1. The summed E-state index contributed by atoms with van der Waals surface area (Å²) in [6.45, 7) is 4.83. The van der Waals surface area contributed by atoms with Gasteiger partial charge in [-0.1, -0.05) is 0 Å². The van der Waals surface area contributed by atoms with Crippen molar-refractivity contribution in [3.05, 3.63) is 35.7 Å². The molecule has 0 aliphatic carbocycles. The molecule has 0 unspecified atom stereocenters. The third-order valence-corrected chi connectivity index (χ3v) is 4.92. The lowest BCUT2D eigenvalue weighted by Gasteiger charge is -2.37. The molecule has 150 valence electrons. The summed E-state index contributed by atoms with van der Waals surface area (Å²) in [5.41, 5.74) is 6.51. The van der Waals surface area contributed by atoms with Gasteiger partial charge in [0.05, 0.1) is 13.2 Å². The van der Waals surface area contributed by atoms with Gasteiger partial charge < -0.3 is 20.3 Å². The highest BCUT2D eigenvalue weighted by molar-refractivity contribution is 5.94. The van der Waals surface area contributed by atoms with Crippen molar-refractivity contribution in [1.82, 2.24) is 24.8 Å². The summed E-state index contributed by atoms with van der Waals surface area (Å²) >= 11 is 0. The number of carbonyl (C=O) groups excluding carboxylic acids is 1. The van der Waals surface area contributed by atoms with E-state index in [0.717, 1.165) is 18.8 Å². The monoisotopic (exact) mass is 385 g/mol. The van der Waals surface area contributed by atoms with Crippen molar-refractivity contribution in [2.24, 2.45) is 0 Å². The Balaban J connectivity index is 1.63. The molecular weight excluding hydrogens is 358 g/mol. The van der Waals surface area contributed by atoms with Crippen molar-refractivity contribution >= 4 is 17.8 Å². The van der Waals surface area contributed by atoms with Crippen LogP contribution >= 0.6 is 0 Å². The number of ether oxygens (including phenoxy) is 1. The van der Waals surface area contributed by atoms with E-state index >= 15 is 0 Å². The molecule has 1 amide bonds. The van der Waals surface area contributed by atoms with Gasteiger partial charge in [-0.3, -0.25) is 9.69 Å². The van der Waals surface area contributed by atoms with Gasteiger partial charge in [-0.2, -0.15) is 15.0 Å². The Kier molecular flexibility index (Phi) is 5.93. The molecule has 2 N–H and O–H groups in total. The fourth-order valence-corrected chi connectivity index (χ4v) is 3.18. The maximum atomic E-state index is 12.7. The quantitative estimate of drug-likeness (QED) is 0.815. The average Bonchev–Trinajstić information content (AvgIpc) is 2.72. The predicted molar refractivity (Wildman–Crippen MR) is 107 cm³/mol. The normalized spacial score (nSPS) is 15.9. The molecule has 1 saturated heterocycles. The van der Waals surface area contributed by atoms with Crippen LogP contribution in [0.2, 0.25) is 0 Å². The lowest BCUT2D eigenvalue weighted by Crippen LogP contribution is -2.49. The molecule has 1 aromatic heterocycles. The molecule has 0 saturated carbocycles. The molecular formula is C19H27N7O2. The molecule has 9 heteroatoms. The second-order valence-electron chi connectivity index (χ2n) is 6.98. The maximum Gasteiger partial charge on any atom is 0.253 e. The van der Waals surface area contributed by atoms with Crippen LogP contribution in [0.25, 0.3) is 0 Å². The number of hydrogen-bond acceptors (Lipinski definition) is 8. The minimum atomic E-state index is -0.0118. The van der Waals surface area contributed by atoms with Gasteiger partial charge in [-0.25, -0.2) is 0 Å². The molecule has 3 rings (SSSR count). The lowest BCUT2D eigenvalue weighted by atomic mass is 10.1. The third-order valence-electron chi connectivity index (χ3n) is 4.92. The fourth-order valence-electron chi connectivity index (χ4n) is 3.18. The zero-order valence-corrected chi connectivity index (χ0v) is 16.8. The van der Waals surface area contributed by atoms with Gasteiger partial charge in [0.25, 0.3) is 5.91 Å². The second-order valence-corrected chi connectivity index (χ2v) is 6.98. The summed E-state index contributed by atoms with van der Waals surface area (Å²) in [4.78, 5) is 31.6. The van der Waals surface area contributed by atoms with Crippen molar-refractivity contribution in [2.45, 2.75) is 13.0 Å². The van der Waals surface area contributed by atoms with E-state index in [4.69, 9.17) is 10.5 Å². The lowest BCUT2D eigenvalue weighted by molar-refractivity contribution is 0.0575. The number of amides is 1. The van der Waals surface area contributed by atoms with Gasteiger partial charge in [0.2, 0.25) is 11.9 Å². The summed E-state index contributed by atoms with van der Waals surface area (Å²) in [6.07, 6.45) is 0. The molecule has 0 bridgehead atoms. The number of piperazine rings is 1. The molecule has 0 spiro atoms. The summed E-state index contributed by atoms with van der Waals surface area (Å²) in [6, 6.07) is 7.19. The Labute approximate surface area is 165 Å². The van der Waals surface area contributed by atoms with E-state index in [1.165, 1.54) is 0 Å². The van der Waals surface area contributed by atoms with Crippen LogP contribution in [0.15, 0.2) is 24.3 Å². The summed E-state index contributed by atoms with van der Waals surface area (Å²) in [7, 11) is 5.35. The number of anilines is 2. The topological polar surface area (TPSA) is 101 Å². The smallest absolute Gasteiger partial charge is 0.253 e. The zero-order chi connectivity index (χ0) is 20.3. The minimum Gasteiger partial charge on any atom is -0.497 e. The number of benzene rings is 1. The molecule has 28 heavy (non-hydrogen) atoms. The number of aromatic nitrogens is 3. The van der Waals surface area contributed by atoms with Crippen LogP contribution in [0, 0.1) is 0 Å². The van der Waals surface area contributed by atoms with Gasteiger partial charge in [0, 0.05) is 45.8 Å². The first-order valence-corrected chi connectivity index (χ1v) is 9.25. The number of nitrogens with two attached hydrogens (primary N) is 1. The van der Waals surface area contributed by atoms with Gasteiger partial charge in [0.1, 0.15) is 5.75 Å². The van der Waals surface area contributed by atoms with E-state index in [2.05, 4.69) is 26.8 Å². The maximum absolute atomic E-state index is 12.7. The van der Waals surface area contributed by atoms with E-state index in [9.17, 15) is 4.79 Å². The molecule has 1 aromatic carbocycles. The summed E-state index contributed by atoms with van der Waals surface area (Å²) in [5.74, 6) is 2.18. The van der Waals surface area contributed by atoms with Gasteiger partial charge in [-0.05, 0) is 31.2 Å². The number of rotatable bonds is 5. The number of carbonyl (C=O) groups is 1. The van der Waals surface area contributed by atoms with Gasteiger partial charge >= 0.3 is 0 Å². The van der Waals surface area contributed by atoms with Crippen molar-refractivity contribution < 1.29 is 9.53 Å². The van der Waals surface area contributed by atoms with Crippen molar-refractivity contribution in [3.63, 3.8) is 0 Å². The largest absolute Gasteiger partial charge is 0.497 e. The van der Waals surface area contributed by atoms with E-state index in [1.807, 2.05) is 19.0 Å². The number of nitrogen functional groups attached to an aromatic ring is 1. The Morgan fingerprint density at radius 1 is 1.11 bits per heavy atom. The molecule has 2 aromatic rings. The standard InChI is InChI=1S/C19H27N7O2/c1-13(16-21-18(20)23-19(22-16)24(2)3)25-9-11-26(12-10-25)17(27)14-5-7-15(28-4)8-6-14/h5-8,13H,9-12H2,1-4H3,(H2,20,21,22,23)/t13-/m0/s1. The molecule has 1 aliphatic heterocycles. The molecule has 1 fully saturated rings. The van der Waals surface area contributed by atoms with Crippen LogP contribution in [0.4, 0.5) is 11.9 Å². The number of nitrogens with zero attached hydrogens (tertiary/aromatic N) is 6. The summed E-state index contributed by atoms with van der Waals surface area (Å²) in [5, 5.41) is 0. The first kappa shape index (κ1) is 19.8. The third kappa shape index (κ3) is 4.30. The second kappa shape index (κ2) is 8.39. The first-order chi connectivity index (χ1) is 13.4. The first-order valence-electron chi connectivity index (χ1n) is 9.25. The van der Waals surface area contributed by atoms with Crippen molar-refractivity contribution in [1.29, 1.82) is 0 Å². The Bertz CT molecular complexity index is 818. The van der Waals surface area contributed by atoms with Crippen LogP contribution in [0.3, 0.4) is 0 Å². The van der Waals surface area contributed by atoms with Crippen LogP contribution in [-0.4, -0.2) is 78.0 Å². The van der Waals surface area contributed by atoms with Gasteiger partial charge in [0.15, 0.2) is 5.82 Å². The van der Waals surface area contributed by atoms with E-state index in [1.54, 1.807) is 36.3 Å². The van der Waals surface area contributed by atoms with Crippen molar-refractivity contribution in [2.75, 3.05) is 58.0 Å². The van der Waals surface area contributed by atoms with Crippen LogP contribution in [0.1, 0.15) is 29.1 Å². The highest BCUT2D eigenvalue weighted by atomic mass is 16.5. The fraction of sp³-hybridized carbons (Fsp3) is 0.474. The molecule has 9 nitrogen and oxygen atoms in total. The highest BCUT2D eigenvalue weighted by Gasteiger charge is 2.27. The van der Waals surface area contributed by atoms with Crippen LogP contribution in [0.5, 0.6) is 5.75 Å². The Morgan fingerprint density at radius 3 is 2.32 bits per heavy atom. The Morgan fingerprint density at radius 2 is 1.75 bits per heavy atom. The summed E-state index contributed by atoms with van der Waals surface area (Å²) < 4.78 is 5.15. The van der Waals surface area contributed by atoms with Crippen molar-refractivity contribution in [3.8, 4) is 5.75 Å². The van der Waals surface area contributed by atoms with Crippen LogP contribution < -0.4 is 15.4 Å². The van der Waals surface area contributed by atoms with E-state index in [0.29, 0.717) is 30.4 Å². The van der Waals surface area contributed by atoms with Gasteiger partial charge in [-0.15, -0.1) is 0 Å². The minimum absolute atomic E-state index is 0.0118. The predicted octanol–water partition coefficient (Wildman–Crippen LogP) is 1.05. The zero-order valence-electron chi connectivity index (χ0n) is 16.8. The molecule has 0 radical (unpaired) electrons. The van der Waals surface area contributed by atoms with E-state index in [-0.39, 0.29) is 17.9 Å². The average molecular weight is 385 g/mol. The number of hydrogen-bond donors (Lipinski definition) is 1. The van der Waals surface area contributed by atoms with E-state index < -0.39 is 0 Å². The molecule has 2 heterocycles.